The van der Waals surface area contributed by atoms with Gasteiger partial charge in [-0.05, 0) is 20.3 Å². The minimum Gasteiger partial charge on any atom is -0.393 e. The molecular weight excluding hydrogens is 128 g/mol. The Hall–Kier alpha value is -0.630. The predicted molar refractivity (Wildman–Crippen MR) is 40.7 cm³/mol. The summed E-state index contributed by atoms with van der Waals surface area (Å²) in [6.45, 7) is 6.61. The molecule has 0 unspecified atom stereocenters. The molecule has 0 fully saturated rings. The summed E-state index contributed by atoms with van der Waals surface area (Å²) in [6.07, 6.45) is 1.65. The Morgan fingerprint density at radius 2 is 2.30 bits per heavy atom. The molecule has 0 saturated heterocycles. The van der Waals surface area contributed by atoms with E-state index in [4.69, 9.17) is 5.11 Å². The van der Waals surface area contributed by atoms with E-state index in [1.807, 2.05) is 0 Å². The first kappa shape index (κ1) is 9.37. The molecule has 0 aliphatic heterocycles. The van der Waals surface area contributed by atoms with Crippen LogP contribution in [0.3, 0.4) is 0 Å². The standard InChI is InChI=1S/C8H14O2/c1-4-5-8(6(2)9)7(3)10/h4,6,8-9H,1,5H2,2-3H3/t6-,8+/m1/s1. The summed E-state index contributed by atoms with van der Waals surface area (Å²) in [5, 5.41) is 9.05. The van der Waals surface area contributed by atoms with E-state index in [-0.39, 0.29) is 11.7 Å². The average molecular weight is 142 g/mol. The van der Waals surface area contributed by atoms with E-state index in [0.29, 0.717) is 6.42 Å². The van der Waals surface area contributed by atoms with Crippen LogP contribution in [0, 0.1) is 5.92 Å². The third-order valence-corrected chi connectivity index (χ3v) is 1.53. The van der Waals surface area contributed by atoms with Crippen LogP contribution in [-0.4, -0.2) is 17.0 Å². The van der Waals surface area contributed by atoms with Gasteiger partial charge in [0.15, 0.2) is 0 Å². The first-order valence-electron chi connectivity index (χ1n) is 3.39. The van der Waals surface area contributed by atoms with Crippen molar-refractivity contribution in [2.24, 2.45) is 5.92 Å². The van der Waals surface area contributed by atoms with Gasteiger partial charge in [-0.25, -0.2) is 0 Å². The van der Waals surface area contributed by atoms with E-state index in [1.165, 1.54) is 6.92 Å². The summed E-state index contributed by atoms with van der Waals surface area (Å²) in [4.78, 5) is 10.8. The number of ketones is 1. The molecule has 2 heteroatoms. The first-order chi connectivity index (χ1) is 4.59. The van der Waals surface area contributed by atoms with Gasteiger partial charge < -0.3 is 5.11 Å². The van der Waals surface area contributed by atoms with Gasteiger partial charge in [0, 0.05) is 5.92 Å². The van der Waals surface area contributed by atoms with Crippen LogP contribution in [0.25, 0.3) is 0 Å². The van der Waals surface area contributed by atoms with Crippen molar-refractivity contribution in [3.8, 4) is 0 Å². The molecule has 0 rings (SSSR count). The number of hydrogen-bond acceptors (Lipinski definition) is 2. The Morgan fingerprint density at radius 1 is 1.80 bits per heavy atom. The normalized spacial score (nSPS) is 15.9. The first-order valence-corrected chi connectivity index (χ1v) is 3.39. The van der Waals surface area contributed by atoms with Crippen LogP contribution >= 0.6 is 0 Å². The van der Waals surface area contributed by atoms with Crippen molar-refractivity contribution in [1.29, 1.82) is 0 Å². The molecule has 0 spiro atoms. The lowest BCUT2D eigenvalue weighted by Crippen LogP contribution is -2.22. The third kappa shape index (κ3) is 2.78. The topological polar surface area (TPSA) is 37.3 Å². The Balaban J connectivity index is 3.97. The predicted octanol–water partition coefficient (Wildman–Crippen LogP) is 1.15. The molecule has 0 radical (unpaired) electrons. The number of Topliss-reactive ketones (excluding diaryl/α,β-unsaturated/α-hetero) is 1. The van der Waals surface area contributed by atoms with Gasteiger partial charge in [-0.1, -0.05) is 6.08 Å². The molecule has 1 N–H and O–H groups in total. The van der Waals surface area contributed by atoms with E-state index in [9.17, 15) is 4.79 Å². The summed E-state index contributed by atoms with van der Waals surface area (Å²) in [5.41, 5.74) is 0. The molecule has 0 aliphatic rings. The zero-order chi connectivity index (χ0) is 8.15. The molecule has 0 aromatic rings. The van der Waals surface area contributed by atoms with Crippen molar-refractivity contribution in [2.45, 2.75) is 26.4 Å². The molecule has 0 saturated carbocycles. The van der Waals surface area contributed by atoms with Crippen molar-refractivity contribution >= 4 is 5.78 Å². The minimum atomic E-state index is -0.560. The number of aliphatic hydroxyl groups excluding tert-OH is 1. The Kier molecular flexibility index (Phi) is 3.96. The van der Waals surface area contributed by atoms with E-state index in [2.05, 4.69) is 6.58 Å². The van der Waals surface area contributed by atoms with Crippen molar-refractivity contribution in [3.05, 3.63) is 12.7 Å². The molecular formula is C8H14O2. The van der Waals surface area contributed by atoms with Crippen molar-refractivity contribution in [2.75, 3.05) is 0 Å². The molecule has 0 aromatic heterocycles. The lowest BCUT2D eigenvalue weighted by atomic mass is 9.96. The molecule has 0 amide bonds. The lowest BCUT2D eigenvalue weighted by Gasteiger charge is -2.13. The second-order valence-corrected chi connectivity index (χ2v) is 2.48. The van der Waals surface area contributed by atoms with Crippen LogP contribution in [-0.2, 0) is 4.79 Å². The van der Waals surface area contributed by atoms with Crippen LogP contribution in [0.4, 0.5) is 0 Å². The van der Waals surface area contributed by atoms with Gasteiger partial charge in [-0.3, -0.25) is 4.79 Å². The molecule has 2 atom stereocenters. The van der Waals surface area contributed by atoms with Crippen LogP contribution < -0.4 is 0 Å². The van der Waals surface area contributed by atoms with Gasteiger partial charge in [-0.15, -0.1) is 6.58 Å². The number of carbonyl (C=O) groups is 1. The average Bonchev–Trinajstić information content (AvgIpc) is 1.81. The quantitative estimate of drug-likeness (QED) is 0.598. The van der Waals surface area contributed by atoms with Crippen molar-refractivity contribution < 1.29 is 9.90 Å². The highest BCUT2D eigenvalue weighted by atomic mass is 16.3. The number of hydrogen-bond donors (Lipinski definition) is 1. The zero-order valence-corrected chi connectivity index (χ0v) is 6.50. The minimum absolute atomic E-state index is 0.0231. The molecule has 0 heterocycles. The summed E-state index contributed by atoms with van der Waals surface area (Å²) in [6, 6.07) is 0. The molecule has 0 bridgehead atoms. The summed E-state index contributed by atoms with van der Waals surface area (Å²) in [5.74, 6) is -0.243. The maximum Gasteiger partial charge on any atom is 0.135 e. The summed E-state index contributed by atoms with van der Waals surface area (Å²) in [7, 11) is 0. The van der Waals surface area contributed by atoms with Gasteiger partial charge in [0.2, 0.25) is 0 Å². The van der Waals surface area contributed by atoms with E-state index >= 15 is 0 Å². The van der Waals surface area contributed by atoms with Crippen LogP contribution in [0.1, 0.15) is 20.3 Å². The summed E-state index contributed by atoms with van der Waals surface area (Å²) < 4.78 is 0. The number of rotatable bonds is 4. The Morgan fingerprint density at radius 3 is 2.40 bits per heavy atom. The fourth-order valence-corrected chi connectivity index (χ4v) is 0.882. The lowest BCUT2D eigenvalue weighted by molar-refractivity contribution is -0.123. The highest BCUT2D eigenvalue weighted by Gasteiger charge is 2.17. The SMILES string of the molecule is C=CC[C@H](C(C)=O)[C@@H](C)O. The molecule has 2 nitrogen and oxygen atoms in total. The molecule has 10 heavy (non-hydrogen) atoms. The Bertz CT molecular complexity index is 127. The highest BCUT2D eigenvalue weighted by Crippen LogP contribution is 2.09. The summed E-state index contributed by atoms with van der Waals surface area (Å²) >= 11 is 0. The third-order valence-electron chi connectivity index (χ3n) is 1.53. The zero-order valence-electron chi connectivity index (χ0n) is 6.50. The number of allylic oxidation sites excluding steroid dienone is 1. The van der Waals surface area contributed by atoms with Crippen molar-refractivity contribution in [3.63, 3.8) is 0 Å². The van der Waals surface area contributed by atoms with Crippen LogP contribution in [0.2, 0.25) is 0 Å². The largest absolute Gasteiger partial charge is 0.393 e. The second-order valence-electron chi connectivity index (χ2n) is 2.48. The molecule has 0 aliphatic carbocycles. The van der Waals surface area contributed by atoms with E-state index in [0.717, 1.165) is 0 Å². The van der Waals surface area contributed by atoms with Crippen LogP contribution in [0.5, 0.6) is 0 Å². The molecule has 0 aromatic carbocycles. The highest BCUT2D eigenvalue weighted by molar-refractivity contribution is 5.78. The van der Waals surface area contributed by atoms with Gasteiger partial charge in [-0.2, -0.15) is 0 Å². The number of aliphatic hydroxyl groups is 1. The fourth-order valence-electron chi connectivity index (χ4n) is 0.882. The van der Waals surface area contributed by atoms with E-state index in [1.54, 1.807) is 13.0 Å². The van der Waals surface area contributed by atoms with Gasteiger partial charge >= 0.3 is 0 Å². The maximum absolute atomic E-state index is 10.8. The van der Waals surface area contributed by atoms with Gasteiger partial charge in [0.1, 0.15) is 5.78 Å². The fraction of sp³-hybridized carbons (Fsp3) is 0.625. The second kappa shape index (κ2) is 4.23. The van der Waals surface area contributed by atoms with Gasteiger partial charge in [0.25, 0.3) is 0 Å². The van der Waals surface area contributed by atoms with Gasteiger partial charge in [0.05, 0.1) is 6.10 Å². The molecule has 58 valence electrons. The van der Waals surface area contributed by atoms with E-state index < -0.39 is 6.10 Å². The smallest absolute Gasteiger partial charge is 0.135 e. The van der Waals surface area contributed by atoms with Crippen LogP contribution in [0.15, 0.2) is 12.7 Å². The Labute approximate surface area is 61.6 Å². The number of carbonyl (C=O) groups excluding carboxylic acids is 1. The monoisotopic (exact) mass is 142 g/mol. The van der Waals surface area contributed by atoms with Crippen molar-refractivity contribution in [1.82, 2.24) is 0 Å². The maximum atomic E-state index is 10.8.